The van der Waals surface area contributed by atoms with Crippen molar-refractivity contribution in [3.63, 3.8) is 0 Å². The summed E-state index contributed by atoms with van der Waals surface area (Å²) in [5.74, 6) is -0.0225. The molecule has 21 heavy (non-hydrogen) atoms. The summed E-state index contributed by atoms with van der Waals surface area (Å²) in [6, 6.07) is 3.69. The summed E-state index contributed by atoms with van der Waals surface area (Å²) in [5, 5.41) is 0.351. The number of carbonyl (C=O) groups excluding carboxylic acids is 1. The van der Waals surface area contributed by atoms with Crippen molar-refractivity contribution in [2.24, 2.45) is 0 Å². The molecule has 1 atom stereocenters. The topological polar surface area (TPSA) is 66.9 Å². The van der Waals surface area contributed by atoms with Gasteiger partial charge >= 0.3 is 0 Å². The minimum absolute atomic E-state index is 0.232. The van der Waals surface area contributed by atoms with Crippen LogP contribution in [-0.4, -0.2) is 52.7 Å². The van der Waals surface area contributed by atoms with E-state index >= 15 is 0 Å². The van der Waals surface area contributed by atoms with Gasteiger partial charge in [-0.05, 0) is 25.1 Å². The maximum absolute atomic E-state index is 12.1. The second-order valence-electron chi connectivity index (χ2n) is 4.78. The number of methoxy groups -OCH3 is 1. The summed E-state index contributed by atoms with van der Waals surface area (Å²) in [4.78, 5) is 13.5. The summed E-state index contributed by atoms with van der Waals surface area (Å²) in [6.45, 7) is 1.52. The van der Waals surface area contributed by atoms with Gasteiger partial charge in [-0.2, -0.15) is 0 Å². The van der Waals surface area contributed by atoms with E-state index in [-0.39, 0.29) is 11.6 Å². The van der Waals surface area contributed by atoms with Crippen LogP contribution in [0.25, 0.3) is 0 Å². The van der Waals surface area contributed by atoms with Crippen LogP contribution in [0.1, 0.15) is 6.92 Å². The molecule has 0 bridgehead atoms. The number of likely N-dealkylation sites (N-methyl/N-ethyl adjacent to an activating group) is 1. The second-order valence-corrected chi connectivity index (χ2v) is 7.08. The molecule has 8 heteroatoms. The van der Waals surface area contributed by atoms with Gasteiger partial charge in [-0.3, -0.25) is 9.10 Å². The van der Waals surface area contributed by atoms with Crippen molar-refractivity contribution in [2.75, 3.05) is 31.8 Å². The Kier molecular flexibility index (Phi) is 5.47. The van der Waals surface area contributed by atoms with Crippen molar-refractivity contribution in [3.8, 4) is 5.75 Å². The van der Waals surface area contributed by atoms with Crippen molar-refractivity contribution in [1.29, 1.82) is 0 Å². The lowest BCUT2D eigenvalue weighted by Gasteiger charge is -2.30. The molecule has 0 heterocycles. The highest BCUT2D eigenvalue weighted by Gasteiger charge is 2.32. The fraction of sp³-hybridized carbons (Fsp3) is 0.462. The number of benzene rings is 1. The standard InChI is InChI=1S/C13H19ClN2O4S/c1-9(13(17)15(2)3)16(21(5,18)19)11-8-10(14)6-7-12(11)20-4/h6-9H,1-5H3/t9-/m0/s1. The molecule has 6 nitrogen and oxygen atoms in total. The van der Waals surface area contributed by atoms with Gasteiger partial charge in [0.1, 0.15) is 11.8 Å². The number of halogens is 1. The van der Waals surface area contributed by atoms with Crippen LogP contribution in [0.5, 0.6) is 5.75 Å². The van der Waals surface area contributed by atoms with Crippen LogP contribution in [-0.2, 0) is 14.8 Å². The number of rotatable bonds is 5. The average Bonchev–Trinajstić information content (AvgIpc) is 2.36. The van der Waals surface area contributed by atoms with Gasteiger partial charge in [-0.1, -0.05) is 11.6 Å². The minimum atomic E-state index is -3.70. The molecule has 0 unspecified atom stereocenters. The number of nitrogens with zero attached hydrogens (tertiary/aromatic N) is 2. The number of hydrogen-bond donors (Lipinski definition) is 0. The van der Waals surface area contributed by atoms with Gasteiger partial charge in [0.05, 0.1) is 19.1 Å². The van der Waals surface area contributed by atoms with Crippen molar-refractivity contribution in [3.05, 3.63) is 23.2 Å². The van der Waals surface area contributed by atoms with Crippen LogP contribution in [0.15, 0.2) is 18.2 Å². The number of ether oxygens (including phenoxy) is 1. The summed E-state index contributed by atoms with van der Waals surface area (Å²) in [7, 11) is 0.852. The Hall–Kier alpha value is -1.47. The first-order valence-corrected chi connectivity index (χ1v) is 8.36. The fourth-order valence-electron chi connectivity index (χ4n) is 1.98. The average molecular weight is 335 g/mol. The van der Waals surface area contributed by atoms with Crippen LogP contribution in [0.2, 0.25) is 5.02 Å². The van der Waals surface area contributed by atoms with Gasteiger partial charge in [0.2, 0.25) is 15.9 Å². The van der Waals surface area contributed by atoms with E-state index in [0.717, 1.165) is 10.6 Å². The predicted octanol–water partition coefficient (Wildman–Crippen LogP) is 1.59. The quantitative estimate of drug-likeness (QED) is 0.820. The van der Waals surface area contributed by atoms with E-state index in [2.05, 4.69) is 0 Å². The van der Waals surface area contributed by atoms with E-state index in [9.17, 15) is 13.2 Å². The Morgan fingerprint density at radius 1 is 1.33 bits per heavy atom. The van der Waals surface area contributed by atoms with E-state index in [1.54, 1.807) is 26.2 Å². The van der Waals surface area contributed by atoms with Crippen molar-refractivity contribution >= 4 is 33.2 Å². The van der Waals surface area contributed by atoms with Crippen molar-refractivity contribution in [2.45, 2.75) is 13.0 Å². The molecule has 1 rings (SSSR count). The Balaban J connectivity index is 3.47. The van der Waals surface area contributed by atoms with Crippen LogP contribution in [0.3, 0.4) is 0 Å². The summed E-state index contributed by atoms with van der Waals surface area (Å²) in [6.07, 6.45) is 1.03. The van der Waals surface area contributed by atoms with Gasteiger partial charge < -0.3 is 9.64 Å². The van der Waals surface area contributed by atoms with E-state index in [1.807, 2.05) is 0 Å². The van der Waals surface area contributed by atoms with Crippen LogP contribution < -0.4 is 9.04 Å². The van der Waals surface area contributed by atoms with E-state index in [1.165, 1.54) is 25.0 Å². The zero-order chi connectivity index (χ0) is 16.4. The largest absolute Gasteiger partial charge is 0.495 e. The minimum Gasteiger partial charge on any atom is -0.495 e. The summed E-state index contributed by atoms with van der Waals surface area (Å²) >= 11 is 5.94. The zero-order valence-corrected chi connectivity index (χ0v) is 14.2. The molecule has 0 aliphatic carbocycles. The number of carbonyl (C=O) groups is 1. The van der Waals surface area contributed by atoms with E-state index in [0.29, 0.717) is 10.8 Å². The molecule has 0 spiro atoms. The first-order valence-electron chi connectivity index (χ1n) is 6.13. The molecule has 0 saturated carbocycles. The first-order chi connectivity index (χ1) is 9.59. The Bertz CT molecular complexity index is 631. The molecule has 0 N–H and O–H groups in total. The van der Waals surface area contributed by atoms with Gasteiger partial charge in [0, 0.05) is 19.1 Å². The van der Waals surface area contributed by atoms with Crippen LogP contribution in [0, 0.1) is 0 Å². The highest BCUT2D eigenvalue weighted by molar-refractivity contribution is 7.92. The molecule has 0 radical (unpaired) electrons. The molecular formula is C13H19ClN2O4S. The van der Waals surface area contributed by atoms with Gasteiger partial charge in [-0.15, -0.1) is 0 Å². The predicted molar refractivity (Wildman–Crippen MR) is 83.5 cm³/mol. The summed E-state index contributed by atoms with van der Waals surface area (Å²) in [5.41, 5.74) is 0.232. The van der Waals surface area contributed by atoms with Gasteiger partial charge in [-0.25, -0.2) is 8.42 Å². The molecule has 0 aliphatic rings. The molecular weight excluding hydrogens is 316 g/mol. The molecule has 1 aromatic carbocycles. The first kappa shape index (κ1) is 17.6. The molecule has 1 amide bonds. The number of amides is 1. The fourth-order valence-corrected chi connectivity index (χ4v) is 3.31. The highest BCUT2D eigenvalue weighted by atomic mass is 35.5. The maximum atomic E-state index is 12.1. The normalized spacial score (nSPS) is 12.7. The van der Waals surface area contributed by atoms with Crippen LogP contribution in [0.4, 0.5) is 5.69 Å². The molecule has 118 valence electrons. The van der Waals surface area contributed by atoms with E-state index in [4.69, 9.17) is 16.3 Å². The lowest BCUT2D eigenvalue weighted by Crippen LogP contribution is -2.47. The molecule has 0 saturated heterocycles. The Morgan fingerprint density at radius 2 is 1.90 bits per heavy atom. The Labute approximate surface area is 130 Å². The SMILES string of the molecule is COc1ccc(Cl)cc1N([C@@H](C)C(=O)N(C)C)S(C)(=O)=O. The lowest BCUT2D eigenvalue weighted by atomic mass is 10.2. The third-order valence-corrected chi connectivity index (χ3v) is 4.35. The molecule has 0 aliphatic heterocycles. The zero-order valence-electron chi connectivity index (χ0n) is 12.6. The molecule has 0 aromatic heterocycles. The monoisotopic (exact) mass is 334 g/mol. The maximum Gasteiger partial charge on any atom is 0.245 e. The number of sulfonamides is 1. The number of hydrogen-bond acceptors (Lipinski definition) is 4. The highest BCUT2D eigenvalue weighted by Crippen LogP contribution is 2.34. The third-order valence-electron chi connectivity index (χ3n) is 2.89. The molecule has 1 aromatic rings. The smallest absolute Gasteiger partial charge is 0.245 e. The lowest BCUT2D eigenvalue weighted by molar-refractivity contribution is -0.129. The third kappa shape index (κ3) is 4.01. The van der Waals surface area contributed by atoms with Gasteiger partial charge in [0.15, 0.2) is 0 Å². The summed E-state index contributed by atoms with van der Waals surface area (Å²) < 4.78 is 30.5. The number of anilines is 1. The van der Waals surface area contributed by atoms with E-state index < -0.39 is 16.1 Å². The molecule has 0 fully saturated rings. The van der Waals surface area contributed by atoms with Crippen molar-refractivity contribution in [1.82, 2.24) is 4.90 Å². The van der Waals surface area contributed by atoms with Crippen molar-refractivity contribution < 1.29 is 17.9 Å². The van der Waals surface area contributed by atoms with Crippen LogP contribution >= 0.6 is 11.6 Å². The second kappa shape index (κ2) is 6.53. The Morgan fingerprint density at radius 3 is 2.33 bits per heavy atom. The van der Waals surface area contributed by atoms with Gasteiger partial charge in [0.25, 0.3) is 0 Å².